The van der Waals surface area contributed by atoms with Crippen LogP contribution in [0.1, 0.15) is 37.6 Å². The summed E-state index contributed by atoms with van der Waals surface area (Å²) < 4.78 is 0. The lowest BCUT2D eigenvalue weighted by molar-refractivity contribution is -0.115. The smallest absolute Gasteiger partial charge is 0.251 e. The summed E-state index contributed by atoms with van der Waals surface area (Å²) in [6, 6.07) is 14.0. The maximum Gasteiger partial charge on any atom is 0.251 e. The highest BCUT2D eigenvalue weighted by Crippen LogP contribution is 2.15. The molecule has 0 saturated heterocycles. The molecule has 0 spiro atoms. The molecular weight excluding hydrogens is 356 g/mol. The van der Waals surface area contributed by atoms with Crippen molar-refractivity contribution >= 4 is 34.8 Å². The summed E-state index contributed by atoms with van der Waals surface area (Å²) in [4.78, 5) is 35.5. The summed E-state index contributed by atoms with van der Waals surface area (Å²) in [5, 5.41) is 11.4. The van der Waals surface area contributed by atoms with E-state index in [0.29, 0.717) is 22.6 Å². The number of benzene rings is 2. The van der Waals surface area contributed by atoms with Crippen LogP contribution in [0.4, 0.5) is 17.1 Å². The predicted octanol–water partition coefficient (Wildman–Crippen LogP) is 3.22. The van der Waals surface area contributed by atoms with Crippen LogP contribution in [0.15, 0.2) is 48.5 Å². The number of nitrogens with one attached hydrogen (secondary N) is 4. The molecule has 1 atom stereocenters. The van der Waals surface area contributed by atoms with Gasteiger partial charge in [-0.3, -0.25) is 14.4 Å². The van der Waals surface area contributed by atoms with E-state index in [1.165, 1.54) is 6.92 Å². The summed E-state index contributed by atoms with van der Waals surface area (Å²) >= 11 is 0. The first-order valence-electron chi connectivity index (χ1n) is 9.19. The normalized spacial score (nSPS) is 11.2. The Kier molecular flexibility index (Phi) is 7.56. The molecule has 0 aliphatic rings. The minimum absolute atomic E-state index is 0.0425. The molecule has 7 nitrogen and oxygen atoms in total. The van der Waals surface area contributed by atoms with Crippen molar-refractivity contribution in [2.75, 3.05) is 22.5 Å². The van der Waals surface area contributed by atoms with Gasteiger partial charge in [-0.1, -0.05) is 19.1 Å². The molecule has 0 radical (unpaired) electrons. The van der Waals surface area contributed by atoms with Crippen molar-refractivity contribution in [3.63, 3.8) is 0 Å². The van der Waals surface area contributed by atoms with Crippen molar-refractivity contribution in [2.45, 2.75) is 33.2 Å². The molecule has 2 rings (SSSR count). The van der Waals surface area contributed by atoms with E-state index in [1.807, 2.05) is 13.8 Å². The third-order valence-corrected chi connectivity index (χ3v) is 4.03. The summed E-state index contributed by atoms with van der Waals surface area (Å²) in [5.41, 5.74) is 2.41. The number of carbonyl (C=O) groups is 3. The summed E-state index contributed by atoms with van der Waals surface area (Å²) in [5.74, 6) is -0.561. The zero-order valence-corrected chi connectivity index (χ0v) is 16.3. The highest BCUT2D eigenvalue weighted by Gasteiger charge is 2.09. The molecule has 0 saturated carbocycles. The van der Waals surface area contributed by atoms with Gasteiger partial charge in [0.1, 0.15) is 0 Å². The van der Waals surface area contributed by atoms with Gasteiger partial charge in [0.2, 0.25) is 11.8 Å². The molecular formula is C21H26N4O3. The number of amides is 3. The van der Waals surface area contributed by atoms with Crippen LogP contribution in [0.2, 0.25) is 0 Å². The van der Waals surface area contributed by atoms with Crippen LogP contribution in [0.5, 0.6) is 0 Å². The van der Waals surface area contributed by atoms with Crippen molar-refractivity contribution in [3.8, 4) is 0 Å². The predicted molar refractivity (Wildman–Crippen MR) is 112 cm³/mol. The van der Waals surface area contributed by atoms with E-state index in [-0.39, 0.29) is 30.3 Å². The Bertz CT molecular complexity index is 851. The Morgan fingerprint density at radius 3 is 2.25 bits per heavy atom. The fourth-order valence-corrected chi connectivity index (χ4v) is 2.45. The van der Waals surface area contributed by atoms with Gasteiger partial charge in [0, 0.05) is 35.6 Å². The van der Waals surface area contributed by atoms with Crippen LogP contribution in [0.3, 0.4) is 0 Å². The molecule has 4 N–H and O–H groups in total. The van der Waals surface area contributed by atoms with Crippen molar-refractivity contribution in [1.82, 2.24) is 5.32 Å². The molecule has 28 heavy (non-hydrogen) atoms. The van der Waals surface area contributed by atoms with Gasteiger partial charge < -0.3 is 21.3 Å². The van der Waals surface area contributed by atoms with Gasteiger partial charge in [-0.25, -0.2) is 0 Å². The highest BCUT2D eigenvalue weighted by atomic mass is 16.2. The Hall–Kier alpha value is -3.35. The van der Waals surface area contributed by atoms with E-state index in [1.54, 1.807) is 48.5 Å². The molecule has 1 unspecified atom stereocenters. The molecule has 2 aromatic rings. The van der Waals surface area contributed by atoms with Crippen molar-refractivity contribution in [3.05, 3.63) is 54.1 Å². The first-order valence-corrected chi connectivity index (χ1v) is 9.19. The van der Waals surface area contributed by atoms with E-state index >= 15 is 0 Å². The summed E-state index contributed by atoms with van der Waals surface area (Å²) in [6.45, 7) is 5.42. The van der Waals surface area contributed by atoms with Crippen LogP contribution in [0.25, 0.3) is 0 Å². The third kappa shape index (κ3) is 6.75. The molecule has 0 aromatic heterocycles. The van der Waals surface area contributed by atoms with Gasteiger partial charge in [0.15, 0.2) is 0 Å². The van der Waals surface area contributed by atoms with Crippen LogP contribution >= 0.6 is 0 Å². The van der Waals surface area contributed by atoms with Gasteiger partial charge in [0.25, 0.3) is 5.91 Å². The van der Waals surface area contributed by atoms with E-state index in [4.69, 9.17) is 0 Å². The lowest BCUT2D eigenvalue weighted by Crippen LogP contribution is -2.31. The molecule has 148 valence electrons. The molecule has 0 aliphatic carbocycles. The van der Waals surface area contributed by atoms with Crippen LogP contribution in [-0.4, -0.2) is 30.3 Å². The van der Waals surface area contributed by atoms with Crippen LogP contribution < -0.4 is 21.3 Å². The van der Waals surface area contributed by atoms with E-state index in [0.717, 1.165) is 6.42 Å². The van der Waals surface area contributed by atoms with E-state index < -0.39 is 0 Å². The average molecular weight is 382 g/mol. The fourth-order valence-electron chi connectivity index (χ4n) is 2.45. The van der Waals surface area contributed by atoms with Crippen LogP contribution in [0, 0.1) is 0 Å². The van der Waals surface area contributed by atoms with Gasteiger partial charge in [-0.2, -0.15) is 0 Å². The monoisotopic (exact) mass is 382 g/mol. The Morgan fingerprint density at radius 2 is 1.57 bits per heavy atom. The van der Waals surface area contributed by atoms with Gasteiger partial charge in [0.05, 0.1) is 6.54 Å². The van der Waals surface area contributed by atoms with E-state index in [9.17, 15) is 14.4 Å². The first kappa shape index (κ1) is 21.0. The summed E-state index contributed by atoms with van der Waals surface area (Å²) in [7, 11) is 0. The van der Waals surface area contributed by atoms with Crippen LogP contribution in [-0.2, 0) is 9.59 Å². The minimum atomic E-state index is -0.241. The Balaban J connectivity index is 1.91. The highest BCUT2D eigenvalue weighted by molar-refractivity contribution is 5.97. The molecule has 3 amide bonds. The number of hydrogen-bond donors (Lipinski definition) is 4. The lowest BCUT2D eigenvalue weighted by atomic mass is 10.1. The molecule has 0 aliphatic heterocycles. The SMILES string of the molecule is CCC(C)NC(=O)c1cccc(NCC(=O)Nc2cccc(NC(C)=O)c2)c1. The fraction of sp³-hybridized carbons (Fsp3) is 0.286. The van der Waals surface area contributed by atoms with Crippen molar-refractivity contribution in [1.29, 1.82) is 0 Å². The molecule has 0 fully saturated rings. The quantitative estimate of drug-likeness (QED) is 0.563. The Morgan fingerprint density at radius 1 is 0.929 bits per heavy atom. The van der Waals surface area contributed by atoms with E-state index in [2.05, 4.69) is 21.3 Å². The maximum absolute atomic E-state index is 12.2. The van der Waals surface area contributed by atoms with Crippen molar-refractivity contribution in [2.24, 2.45) is 0 Å². The molecule has 0 heterocycles. The van der Waals surface area contributed by atoms with Gasteiger partial charge >= 0.3 is 0 Å². The molecule has 2 aromatic carbocycles. The lowest BCUT2D eigenvalue weighted by Gasteiger charge is -2.13. The first-order chi connectivity index (χ1) is 13.4. The maximum atomic E-state index is 12.2. The topological polar surface area (TPSA) is 99.3 Å². The van der Waals surface area contributed by atoms with Gasteiger partial charge in [-0.05, 0) is 49.7 Å². The number of hydrogen-bond acceptors (Lipinski definition) is 4. The standard InChI is InChI=1S/C21H26N4O3/c1-4-14(2)23-21(28)16-7-5-8-17(11-16)22-13-20(27)25-19-10-6-9-18(12-19)24-15(3)26/h5-12,14,22H,4,13H2,1-3H3,(H,23,28)(H,24,26)(H,25,27). The zero-order chi connectivity index (χ0) is 20.5. The second kappa shape index (κ2) is 10.1. The summed E-state index contributed by atoms with van der Waals surface area (Å²) in [6.07, 6.45) is 0.854. The number of carbonyl (C=O) groups excluding carboxylic acids is 3. The van der Waals surface area contributed by atoms with Crippen molar-refractivity contribution < 1.29 is 14.4 Å². The zero-order valence-electron chi connectivity index (χ0n) is 16.3. The van der Waals surface area contributed by atoms with Gasteiger partial charge in [-0.15, -0.1) is 0 Å². The third-order valence-electron chi connectivity index (χ3n) is 4.03. The second-order valence-electron chi connectivity index (χ2n) is 6.53. The molecule has 7 heteroatoms. The molecule has 0 bridgehead atoms. The largest absolute Gasteiger partial charge is 0.376 e. The Labute approximate surface area is 164 Å². The number of rotatable bonds is 8. The minimum Gasteiger partial charge on any atom is -0.376 e. The second-order valence-corrected chi connectivity index (χ2v) is 6.53. The number of anilines is 3. The average Bonchev–Trinajstić information content (AvgIpc) is 2.66.